The van der Waals surface area contributed by atoms with Crippen LogP contribution in [0, 0.1) is 6.92 Å². The van der Waals surface area contributed by atoms with E-state index in [-0.39, 0.29) is 6.04 Å². The predicted molar refractivity (Wildman–Crippen MR) is 99.9 cm³/mol. The van der Waals surface area contributed by atoms with Crippen LogP contribution in [0.1, 0.15) is 17.6 Å². The van der Waals surface area contributed by atoms with Gasteiger partial charge < -0.3 is 14.8 Å². The fourth-order valence-corrected chi connectivity index (χ4v) is 3.63. The first-order valence-corrected chi connectivity index (χ1v) is 8.87. The van der Waals surface area contributed by atoms with Crippen LogP contribution in [0.4, 0.5) is 5.69 Å². The second-order valence-electron chi connectivity index (χ2n) is 6.33. The molecule has 130 valence electrons. The van der Waals surface area contributed by atoms with Gasteiger partial charge in [0.05, 0.1) is 11.7 Å². The lowest BCUT2D eigenvalue weighted by Crippen LogP contribution is -2.49. The summed E-state index contributed by atoms with van der Waals surface area (Å²) in [6, 6.07) is 10.8. The zero-order chi connectivity index (χ0) is 17.1. The molecule has 1 N–H and O–H groups in total. The molecule has 2 aromatic rings. The van der Waals surface area contributed by atoms with Gasteiger partial charge in [-0.2, -0.15) is 0 Å². The smallest absolute Gasteiger partial charge is 0.133 e. The minimum Gasteiger partial charge on any atom is -0.369 e. The average Bonchev–Trinajstić information content (AvgIpc) is 2.88. The summed E-state index contributed by atoms with van der Waals surface area (Å²) < 4.78 is 1.96. The maximum Gasteiger partial charge on any atom is 0.133 e. The first-order valence-electron chi connectivity index (χ1n) is 8.49. The number of hydrogen-bond donors (Lipinski definition) is 1. The van der Waals surface area contributed by atoms with Crippen LogP contribution < -0.4 is 10.2 Å². The van der Waals surface area contributed by atoms with Crippen LogP contribution in [-0.2, 0) is 7.05 Å². The van der Waals surface area contributed by atoms with Crippen LogP contribution in [0.2, 0.25) is 5.15 Å². The third kappa shape index (κ3) is 3.43. The summed E-state index contributed by atoms with van der Waals surface area (Å²) in [5.74, 6) is 0.957. The molecule has 1 aromatic heterocycles. The van der Waals surface area contributed by atoms with Gasteiger partial charge in [-0.05, 0) is 26.1 Å². The summed E-state index contributed by atoms with van der Waals surface area (Å²) >= 11 is 6.52. The second-order valence-corrected chi connectivity index (χ2v) is 6.68. The quantitative estimate of drug-likeness (QED) is 0.901. The lowest BCUT2D eigenvalue weighted by Gasteiger charge is -2.39. The molecule has 0 bridgehead atoms. The van der Waals surface area contributed by atoms with Gasteiger partial charge in [-0.1, -0.05) is 29.8 Å². The molecule has 1 aliphatic heterocycles. The van der Waals surface area contributed by atoms with Crippen LogP contribution >= 0.6 is 11.6 Å². The molecule has 0 radical (unpaired) electrons. The number of nitrogens with zero attached hydrogens (tertiary/aromatic N) is 4. The average molecular weight is 348 g/mol. The summed E-state index contributed by atoms with van der Waals surface area (Å²) in [7, 11) is 3.95. The maximum atomic E-state index is 6.52. The number of hydrogen-bond acceptors (Lipinski definition) is 4. The third-order valence-electron chi connectivity index (χ3n) is 4.86. The van der Waals surface area contributed by atoms with Gasteiger partial charge in [0.25, 0.3) is 0 Å². The Labute approximate surface area is 149 Å². The van der Waals surface area contributed by atoms with E-state index in [1.54, 1.807) is 0 Å². The molecule has 0 amide bonds. The van der Waals surface area contributed by atoms with Crippen LogP contribution in [0.3, 0.4) is 0 Å². The summed E-state index contributed by atoms with van der Waals surface area (Å²) in [5, 5.41) is 4.05. The topological polar surface area (TPSA) is 36.3 Å². The van der Waals surface area contributed by atoms with Crippen molar-refractivity contribution in [3.8, 4) is 0 Å². The second kappa shape index (κ2) is 7.55. The number of aromatic nitrogens is 2. The van der Waals surface area contributed by atoms with Gasteiger partial charge in [0.2, 0.25) is 0 Å². The molecule has 1 aliphatic rings. The van der Waals surface area contributed by atoms with Crippen LogP contribution in [0.5, 0.6) is 0 Å². The highest BCUT2D eigenvalue weighted by atomic mass is 35.5. The van der Waals surface area contributed by atoms with Crippen molar-refractivity contribution < 1.29 is 0 Å². The van der Waals surface area contributed by atoms with Gasteiger partial charge >= 0.3 is 0 Å². The highest BCUT2D eigenvalue weighted by Crippen LogP contribution is 2.28. The standard InChI is InChI=1S/C18H26ClN5/c1-14-21-17(18(19)22(14)3)16(13-20-2)24-11-9-23(10-12-24)15-7-5-4-6-8-15/h4-8,16,20H,9-13H2,1-3H3. The molecule has 1 atom stereocenters. The fraction of sp³-hybridized carbons (Fsp3) is 0.500. The molecule has 1 saturated heterocycles. The van der Waals surface area contributed by atoms with E-state index in [0.717, 1.165) is 49.4 Å². The highest BCUT2D eigenvalue weighted by molar-refractivity contribution is 6.30. The summed E-state index contributed by atoms with van der Waals surface area (Å²) in [6.45, 7) is 6.91. The molecular formula is C18H26ClN5. The van der Waals surface area contributed by atoms with E-state index in [1.165, 1.54) is 5.69 Å². The molecular weight excluding hydrogens is 322 g/mol. The highest BCUT2D eigenvalue weighted by Gasteiger charge is 2.29. The molecule has 5 nitrogen and oxygen atoms in total. The number of anilines is 1. The fourth-order valence-electron chi connectivity index (χ4n) is 3.34. The molecule has 0 saturated carbocycles. The lowest BCUT2D eigenvalue weighted by atomic mass is 10.1. The summed E-state index contributed by atoms with van der Waals surface area (Å²) in [6.07, 6.45) is 0. The molecule has 6 heteroatoms. The van der Waals surface area contributed by atoms with Crippen molar-refractivity contribution in [1.82, 2.24) is 19.8 Å². The van der Waals surface area contributed by atoms with Gasteiger partial charge in [0, 0.05) is 45.5 Å². The van der Waals surface area contributed by atoms with E-state index in [4.69, 9.17) is 16.6 Å². The first-order chi connectivity index (χ1) is 11.6. The minimum atomic E-state index is 0.209. The third-order valence-corrected chi connectivity index (χ3v) is 5.31. The number of aryl methyl sites for hydroxylation is 1. The summed E-state index contributed by atoms with van der Waals surface area (Å²) in [4.78, 5) is 9.65. The number of para-hydroxylation sites is 1. The number of nitrogens with one attached hydrogen (secondary N) is 1. The van der Waals surface area contributed by atoms with Crippen molar-refractivity contribution in [2.75, 3.05) is 44.7 Å². The Morgan fingerprint density at radius 3 is 2.38 bits per heavy atom. The Hall–Kier alpha value is -1.56. The molecule has 1 fully saturated rings. The van der Waals surface area contributed by atoms with Gasteiger partial charge in [-0.15, -0.1) is 0 Å². The molecule has 0 aliphatic carbocycles. The van der Waals surface area contributed by atoms with E-state index >= 15 is 0 Å². The number of likely N-dealkylation sites (N-methyl/N-ethyl adjacent to an activating group) is 1. The molecule has 0 spiro atoms. The number of imidazole rings is 1. The largest absolute Gasteiger partial charge is 0.369 e. The van der Waals surface area contributed by atoms with Gasteiger partial charge in [-0.25, -0.2) is 4.98 Å². The Balaban J connectivity index is 1.73. The Morgan fingerprint density at radius 1 is 1.17 bits per heavy atom. The number of benzene rings is 1. The van der Waals surface area contributed by atoms with Gasteiger partial charge in [0.15, 0.2) is 0 Å². The summed E-state index contributed by atoms with van der Waals surface area (Å²) in [5.41, 5.74) is 2.29. The Morgan fingerprint density at radius 2 is 1.83 bits per heavy atom. The van der Waals surface area contributed by atoms with Gasteiger partial charge in [0.1, 0.15) is 11.0 Å². The van der Waals surface area contributed by atoms with Crippen LogP contribution in [0.15, 0.2) is 30.3 Å². The molecule has 1 unspecified atom stereocenters. The number of rotatable bonds is 5. The van der Waals surface area contributed by atoms with E-state index < -0.39 is 0 Å². The van der Waals surface area contributed by atoms with E-state index in [1.807, 2.05) is 25.6 Å². The van der Waals surface area contributed by atoms with Crippen LogP contribution in [0.25, 0.3) is 0 Å². The minimum absolute atomic E-state index is 0.209. The van der Waals surface area contributed by atoms with Crippen molar-refractivity contribution in [1.29, 1.82) is 0 Å². The van der Waals surface area contributed by atoms with Gasteiger partial charge in [-0.3, -0.25) is 4.90 Å². The van der Waals surface area contributed by atoms with Crippen molar-refractivity contribution in [3.63, 3.8) is 0 Å². The first kappa shape index (κ1) is 17.3. The molecule has 3 rings (SSSR count). The molecule has 2 heterocycles. The van der Waals surface area contributed by atoms with Crippen molar-refractivity contribution in [2.45, 2.75) is 13.0 Å². The Bertz CT molecular complexity index is 662. The Kier molecular flexibility index (Phi) is 5.43. The number of piperazine rings is 1. The predicted octanol–water partition coefficient (Wildman–Crippen LogP) is 2.46. The zero-order valence-electron chi connectivity index (χ0n) is 14.7. The zero-order valence-corrected chi connectivity index (χ0v) is 15.4. The molecule has 24 heavy (non-hydrogen) atoms. The SMILES string of the molecule is CNCC(c1nc(C)n(C)c1Cl)N1CCN(c2ccccc2)CC1. The van der Waals surface area contributed by atoms with Crippen molar-refractivity contribution in [2.24, 2.45) is 7.05 Å². The van der Waals surface area contributed by atoms with Crippen molar-refractivity contribution >= 4 is 17.3 Å². The number of halogens is 1. The molecule has 1 aromatic carbocycles. The van der Waals surface area contributed by atoms with Crippen molar-refractivity contribution in [3.05, 3.63) is 47.0 Å². The van der Waals surface area contributed by atoms with Crippen LogP contribution in [-0.4, -0.2) is 54.2 Å². The lowest BCUT2D eigenvalue weighted by molar-refractivity contribution is 0.181. The normalized spacial score (nSPS) is 17.2. The van der Waals surface area contributed by atoms with E-state index in [9.17, 15) is 0 Å². The maximum absolute atomic E-state index is 6.52. The van der Waals surface area contributed by atoms with E-state index in [2.05, 4.69) is 45.4 Å². The monoisotopic (exact) mass is 347 g/mol. The van der Waals surface area contributed by atoms with E-state index in [0.29, 0.717) is 0 Å².